The van der Waals surface area contributed by atoms with Crippen LogP contribution in [0.25, 0.3) is 11.2 Å². The Labute approximate surface area is 190 Å². The number of phosphoric ester groups is 1. The number of fused-ring (bicyclic) bond motifs is 1. The van der Waals surface area contributed by atoms with Gasteiger partial charge < -0.3 is 36.2 Å². The molecule has 0 spiro atoms. The Kier molecular flexibility index (Phi) is 8.42. The Morgan fingerprint density at radius 2 is 2.00 bits per heavy atom. The summed E-state index contributed by atoms with van der Waals surface area (Å²) < 4.78 is 54.8. The Morgan fingerprint density at radius 1 is 1.29 bits per heavy atom. The molecule has 2 aromatic rings. The molecule has 0 amide bonds. The average Bonchev–Trinajstić information content (AvgIpc) is 3.25. The summed E-state index contributed by atoms with van der Waals surface area (Å²) in [6, 6.07) is 0. The maximum absolute atomic E-state index is 12.0. The number of nitrogen functional groups attached to an aromatic ring is 1. The van der Waals surface area contributed by atoms with E-state index in [9.17, 15) is 38.5 Å². The monoisotopic (exact) mass is 549 g/mol. The number of aromatic amines is 1. The lowest BCUT2D eigenvalue weighted by molar-refractivity contribution is -0.0501. The summed E-state index contributed by atoms with van der Waals surface area (Å²) in [5.74, 6) is -0.242. The number of hydrogen-bond donors (Lipinski definition) is 8. The third-order valence-electron chi connectivity index (χ3n) is 4.31. The van der Waals surface area contributed by atoms with Crippen molar-refractivity contribution in [2.45, 2.75) is 24.5 Å². The standard InChI is InChI=1S/C12H22N7O12P3/c13-1-2-16-33(24,25)30-32(23)31-34(26,27)28-3-5-7(20)8(21)11(29-5)19-4-15-6-9(19)17-12(14)18-10(6)22/h4-5,7-8,11,20-21,32H,1-3,13H2,(H,26,27)(H2,16,24,25)(H3,14,17,18,22). The molecule has 192 valence electrons. The van der Waals surface area contributed by atoms with Gasteiger partial charge in [-0.25, -0.2) is 27.8 Å². The number of anilines is 1. The summed E-state index contributed by atoms with van der Waals surface area (Å²) in [7, 11) is -13.8. The van der Waals surface area contributed by atoms with E-state index in [2.05, 4.69) is 28.1 Å². The fraction of sp³-hybridized carbons (Fsp3) is 0.583. The highest BCUT2D eigenvalue weighted by Crippen LogP contribution is 2.58. The van der Waals surface area contributed by atoms with E-state index in [1.807, 2.05) is 5.09 Å². The molecular formula is C12H22N7O12P3. The number of aromatic nitrogens is 4. The molecule has 1 aliphatic rings. The summed E-state index contributed by atoms with van der Waals surface area (Å²) >= 11 is 0. The summed E-state index contributed by atoms with van der Waals surface area (Å²) in [6.07, 6.45) is -4.94. The van der Waals surface area contributed by atoms with Gasteiger partial charge in [-0.2, -0.15) is 4.98 Å². The van der Waals surface area contributed by atoms with Crippen LogP contribution in [-0.2, 0) is 31.6 Å². The second-order valence-electron chi connectivity index (χ2n) is 6.74. The Hall–Kier alpha value is -1.56. The number of imidazole rings is 1. The van der Waals surface area contributed by atoms with Gasteiger partial charge in [0.1, 0.15) is 18.3 Å². The predicted octanol–water partition coefficient (Wildman–Crippen LogP) is -2.49. The van der Waals surface area contributed by atoms with Crippen LogP contribution in [0.3, 0.4) is 0 Å². The number of nitrogens with one attached hydrogen (secondary N) is 2. The largest absolute Gasteiger partial charge is 0.479 e. The number of nitrogens with two attached hydrogens (primary N) is 2. The van der Waals surface area contributed by atoms with Crippen molar-refractivity contribution in [1.82, 2.24) is 24.6 Å². The first-order valence-corrected chi connectivity index (χ1v) is 13.6. The van der Waals surface area contributed by atoms with Crippen LogP contribution in [0.4, 0.5) is 5.95 Å². The molecule has 19 nitrogen and oxygen atoms in total. The summed E-state index contributed by atoms with van der Waals surface area (Å²) in [5, 5.41) is 22.5. The van der Waals surface area contributed by atoms with Crippen LogP contribution in [-0.4, -0.2) is 77.5 Å². The molecule has 0 saturated carbocycles. The Bertz CT molecular complexity index is 1200. The van der Waals surface area contributed by atoms with Gasteiger partial charge in [0.2, 0.25) is 5.95 Å². The molecule has 0 aromatic carbocycles. The van der Waals surface area contributed by atoms with E-state index in [0.717, 1.165) is 10.9 Å². The molecule has 7 unspecified atom stereocenters. The number of hydrogen-bond acceptors (Lipinski definition) is 14. The van der Waals surface area contributed by atoms with E-state index >= 15 is 0 Å². The van der Waals surface area contributed by atoms with Crippen molar-refractivity contribution >= 4 is 40.9 Å². The van der Waals surface area contributed by atoms with E-state index in [1.165, 1.54) is 0 Å². The fourth-order valence-corrected chi connectivity index (χ4v) is 6.08. The lowest BCUT2D eigenvalue weighted by Crippen LogP contribution is -2.33. The highest BCUT2D eigenvalue weighted by atomic mass is 31.3. The third-order valence-corrected chi connectivity index (χ3v) is 8.51. The van der Waals surface area contributed by atoms with Gasteiger partial charge in [-0.3, -0.25) is 23.4 Å². The molecule has 34 heavy (non-hydrogen) atoms. The van der Waals surface area contributed by atoms with E-state index < -0.39 is 60.5 Å². The van der Waals surface area contributed by atoms with Gasteiger partial charge in [0.05, 0.1) is 12.9 Å². The van der Waals surface area contributed by atoms with Gasteiger partial charge in [0.15, 0.2) is 17.4 Å². The zero-order valence-corrected chi connectivity index (χ0v) is 19.7. The second kappa shape index (κ2) is 10.6. The number of aliphatic hydroxyl groups is 2. The average molecular weight is 549 g/mol. The first kappa shape index (κ1) is 27.0. The number of H-pyrrole nitrogens is 1. The van der Waals surface area contributed by atoms with Gasteiger partial charge in [0.25, 0.3) is 5.56 Å². The molecule has 10 N–H and O–H groups in total. The summed E-state index contributed by atoms with van der Waals surface area (Å²) in [6.45, 7) is -1.09. The molecule has 3 rings (SSSR count). The van der Waals surface area contributed by atoms with Crippen LogP contribution in [0, 0.1) is 0 Å². The predicted molar refractivity (Wildman–Crippen MR) is 112 cm³/mol. The van der Waals surface area contributed by atoms with Crippen LogP contribution in [0.5, 0.6) is 0 Å². The molecule has 2 aromatic heterocycles. The van der Waals surface area contributed by atoms with Crippen molar-refractivity contribution in [3.8, 4) is 0 Å². The van der Waals surface area contributed by atoms with Crippen molar-refractivity contribution in [2.75, 3.05) is 25.4 Å². The van der Waals surface area contributed by atoms with Crippen LogP contribution in [0.2, 0.25) is 0 Å². The van der Waals surface area contributed by atoms with E-state index in [-0.39, 0.29) is 30.2 Å². The number of nitrogens with zero attached hydrogens (tertiary/aromatic N) is 3. The minimum Gasteiger partial charge on any atom is -0.387 e. The van der Waals surface area contributed by atoms with E-state index in [0.29, 0.717) is 0 Å². The fourth-order valence-electron chi connectivity index (χ4n) is 2.87. The minimum absolute atomic E-state index is 0.0529. The Balaban J connectivity index is 1.64. The SMILES string of the molecule is NCCNP(=O)(O)O[PH](=O)OP(=O)(O)OCC1OC(n2cnc3c(=O)[nH]c(N)nc32)C(O)C1O. The number of rotatable bonds is 11. The molecule has 0 aliphatic carbocycles. The number of ether oxygens (including phenoxy) is 1. The highest BCUT2D eigenvalue weighted by Gasteiger charge is 2.45. The van der Waals surface area contributed by atoms with Gasteiger partial charge in [-0.05, 0) is 0 Å². The van der Waals surface area contributed by atoms with Crippen molar-refractivity contribution in [3.63, 3.8) is 0 Å². The normalized spacial score (nSPS) is 27.4. The van der Waals surface area contributed by atoms with E-state index in [4.69, 9.17) is 16.2 Å². The third kappa shape index (κ3) is 6.35. The van der Waals surface area contributed by atoms with Crippen LogP contribution in [0.15, 0.2) is 11.1 Å². The number of aliphatic hydroxyl groups excluding tert-OH is 2. The van der Waals surface area contributed by atoms with Gasteiger partial charge in [-0.1, -0.05) is 0 Å². The molecule has 22 heteroatoms. The summed E-state index contributed by atoms with van der Waals surface area (Å²) in [5.41, 5.74) is 9.79. The molecule has 1 fully saturated rings. The maximum Gasteiger partial charge on any atom is 0.479 e. The first-order chi connectivity index (χ1) is 15.8. The molecular weight excluding hydrogens is 527 g/mol. The smallest absolute Gasteiger partial charge is 0.387 e. The van der Waals surface area contributed by atoms with Crippen molar-refractivity contribution < 1.29 is 51.6 Å². The molecule has 7 atom stereocenters. The van der Waals surface area contributed by atoms with Crippen molar-refractivity contribution in [1.29, 1.82) is 0 Å². The van der Waals surface area contributed by atoms with Gasteiger partial charge in [0, 0.05) is 13.1 Å². The van der Waals surface area contributed by atoms with Crippen molar-refractivity contribution in [2.24, 2.45) is 5.73 Å². The van der Waals surface area contributed by atoms with Crippen LogP contribution in [0.1, 0.15) is 6.23 Å². The number of phosphoric acid groups is 1. The van der Waals surface area contributed by atoms with Crippen LogP contribution >= 0.6 is 23.8 Å². The zero-order chi connectivity index (χ0) is 25.3. The molecule has 1 saturated heterocycles. The molecule has 3 heterocycles. The van der Waals surface area contributed by atoms with E-state index in [1.54, 1.807) is 0 Å². The van der Waals surface area contributed by atoms with Gasteiger partial charge >= 0.3 is 23.8 Å². The second-order valence-corrected chi connectivity index (χ2v) is 11.2. The highest BCUT2D eigenvalue weighted by molar-refractivity contribution is 7.62. The molecule has 0 radical (unpaired) electrons. The lowest BCUT2D eigenvalue weighted by atomic mass is 10.1. The molecule has 1 aliphatic heterocycles. The van der Waals surface area contributed by atoms with Crippen molar-refractivity contribution in [3.05, 3.63) is 16.7 Å². The van der Waals surface area contributed by atoms with Gasteiger partial charge in [-0.15, -0.1) is 0 Å². The lowest BCUT2D eigenvalue weighted by Gasteiger charge is -2.18. The summed E-state index contributed by atoms with van der Waals surface area (Å²) in [4.78, 5) is 41.0. The Morgan fingerprint density at radius 3 is 2.68 bits per heavy atom. The topological polar surface area (TPSA) is 297 Å². The quantitative estimate of drug-likeness (QED) is 0.134. The zero-order valence-electron chi connectivity index (χ0n) is 17.0. The first-order valence-electron chi connectivity index (χ1n) is 9.26. The molecule has 0 bridgehead atoms. The maximum atomic E-state index is 12.0. The minimum atomic E-state index is -5.13. The van der Waals surface area contributed by atoms with Crippen LogP contribution < -0.4 is 22.1 Å².